The van der Waals surface area contributed by atoms with Crippen LogP contribution in [-0.2, 0) is 16.1 Å². The summed E-state index contributed by atoms with van der Waals surface area (Å²) in [6.45, 7) is 1.83. The van der Waals surface area contributed by atoms with Crippen molar-refractivity contribution in [3.63, 3.8) is 0 Å². The van der Waals surface area contributed by atoms with Gasteiger partial charge in [-0.3, -0.25) is 9.59 Å². The van der Waals surface area contributed by atoms with E-state index in [1.807, 2.05) is 6.92 Å². The number of carboxylic acids is 1. The molecule has 1 heterocycles. The van der Waals surface area contributed by atoms with Gasteiger partial charge in [-0.15, -0.1) is 0 Å². The molecule has 0 aliphatic rings. The number of hydrogen-bond donors (Lipinski definition) is 3. The molecule has 10 heteroatoms. The second kappa shape index (κ2) is 10.9. The van der Waals surface area contributed by atoms with Crippen LogP contribution in [0.1, 0.15) is 25.5 Å². The highest BCUT2D eigenvalue weighted by atomic mass is 79.9. The molecule has 0 unspecified atom stereocenters. The Morgan fingerprint density at radius 1 is 1.13 bits per heavy atom. The molecule has 0 fully saturated rings. The number of esters is 1. The third-order valence-corrected chi connectivity index (χ3v) is 4.96. The molecular weight excluding hydrogens is 460 g/mol. The zero-order chi connectivity index (χ0) is 22.3. The second-order valence-electron chi connectivity index (χ2n) is 6.22. The number of H-pyrrole nitrogens is 1. The van der Waals surface area contributed by atoms with Crippen LogP contribution in [0.5, 0.6) is 23.1 Å². The van der Waals surface area contributed by atoms with Crippen LogP contribution in [0.2, 0.25) is 0 Å². The fourth-order valence-corrected chi connectivity index (χ4v) is 3.58. The van der Waals surface area contributed by atoms with Gasteiger partial charge in [-0.05, 0) is 34.5 Å². The summed E-state index contributed by atoms with van der Waals surface area (Å²) >= 11 is 3.50. The van der Waals surface area contributed by atoms with E-state index in [0.717, 1.165) is 0 Å². The monoisotopic (exact) mass is 484 g/mol. The third-order valence-electron chi connectivity index (χ3n) is 4.21. The minimum atomic E-state index is -0.986. The standard InChI is InChI=1S/C20H25BrN2O7/c1-5-6-15(26)30-20-17(21)16(12(23-20)9-22-10-14(24)25)11-7-8-13(27-2)19(29-4)18(11)28-3/h7-8,22-23H,5-6,9-10H2,1-4H3,(H,24,25). The largest absolute Gasteiger partial charge is 0.493 e. The predicted molar refractivity (Wildman–Crippen MR) is 113 cm³/mol. The quantitative estimate of drug-likeness (QED) is 0.415. The number of aliphatic carboxylic acids is 1. The van der Waals surface area contributed by atoms with Crippen LogP contribution in [0, 0.1) is 0 Å². The van der Waals surface area contributed by atoms with Gasteiger partial charge in [-0.25, -0.2) is 0 Å². The van der Waals surface area contributed by atoms with Crippen molar-refractivity contribution in [2.75, 3.05) is 27.9 Å². The summed E-state index contributed by atoms with van der Waals surface area (Å²) in [4.78, 5) is 26.0. The first-order valence-electron chi connectivity index (χ1n) is 9.20. The first kappa shape index (κ1) is 23.6. The molecule has 0 atom stereocenters. The molecule has 0 radical (unpaired) electrons. The van der Waals surface area contributed by atoms with Crippen molar-refractivity contribution in [2.45, 2.75) is 26.3 Å². The summed E-state index contributed by atoms with van der Waals surface area (Å²) in [5.74, 6) is 0.176. The fourth-order valence-electron chi connectivity index (χ4n) is 2.95. The van der Waals surface area contributed by atoms with Crippen molar-refractivity contribution in [1.29, 1.82) is 0 Å². The summed E-state index contributed by atoms with van der Waals surface area (Å²) in [7, 11) is 4.53. The highest BCUT2D eigenvalue weighted by molar-refractivity contribution is 9.10. The van der Waals surface area contributed by atoms with Crippen LogP contribution in [-0.4, -0.2) is 49.9 Å². The van der Waals surface area contributed by atoms with Gasteiger partial charge < -0.3 is 34.4 Å². The van der Waals surface area contributed by atoms with Crippen molar-refractivity contribution >= 4 is 27.9 Å². The highest BCUT2D eigenvalue weighted by Crippen LogP contribution is 2.49. The Morgan fingerprint density at radius 2 is 1.83 bits per heavy atom. The average molecular weight is 485 g/mol. The van der Waals surface area contributed by atoms with Crippen molar-refractivity contribution in [1.82, 2.24) is 10.3 Å². The van der Waals surface area contributed by atoms with Gasteiger partial charge in [-0.2, -0.15) is 0 Å². The minimum absolute atomic E-state index is 0.184. The number of ether oxygens (including phenoxy) is 4. The van der Waals surface area contributed by atoms with Crippen LogP contribution in [0.15, 0.2) is 16.6 Å². The summed E-state index contributed by atoms with van der Waals surface area (Å²) in [5, 5.41) is 11.8. The van der Waals surface area contributed by atoms with E-state index in [4.69, 9.17) is 24.1 Å². The van der Waals surface area contributed by atoms with E-state index < -0.39 is 5.97 Å². The normalized spacial score (nSPS) is 10.6. The van der Waals surface area contributed by atoms with E-state index in [1.54, 1.807) is 12.1 Å². The maximum absolute atomic E-state index is 12.0. The molecule has 0 aliphatic heterocycles. The third kappa shape index (κ3) is 5.25. The summed E-state index contributed by atoms with van der Waals surface area (Å²) in [5.41, 5.74) is 1.89. The lowest BCUT2D eigenvalue weighted by atomic mass is 10.0. The molecule has 164 valence electrons. The SMILES string of the molecule is CCCC(=O)Oc1[nH]c(CNCC(=O)O)c(-c2ccc(OC)c(OC)c2OC)c1Br. The molecule has 0 aliphatic carbocycles. The van der Waals surface area contributed by atoms with Crippen molar-refractivity contribution in [3.05, 3.63) is 22.3 Å². The lowest BCUT2D eigenvalue weighted by molar-refractivity contribution is -0.136. The van der Waals surface area contributed by atoms with E-state index >= 15 is 0 Å². The Morgan fingerprint density at radius 3 is 2.40 bits per heavy atom. The molecule has 0 saturated heterocycles. The minimum Gasteiger partial charge on any atom is -0.493 e. The molecule has 2 rings (SSSR count). The summed E-state index contributed by atoms with van der Waals surface area (Å²) < 4.78 is 22.3. The number of carbonyl (C=O) groups is 2. The smallest absolute Gasteiger partial charge is 0.317 e. The first-order chi connectivity index (χ1) is 14.4. The highest BCUT2D eigenvalue weighted by Gasteiger charge is 2.25. The lowest BCUT2D eigenvalue weighted by Crippen LogP contribution is -2.22. The van der Waals surface area contributed by atoms with E-state index in [-0.39, 0.29) is 31.4 Å². The Labute approximate surface area is 182 Å². The number of rotatable bonds is 11. The molecule has 0 bridgehead atoms. The van der Waals surface area contributed by atoms with Crippen molar-refractivity contribution < 1.29 is 33.6 Å². The number of carboxylic acid groups (broad SMARTS) is 1. The molecule has 9 nitrogen and oxygen atoms in total. The fraction of sp³-hybridized carbons (Fsp3) is 0.400. The zero-order valence-corrected chi connectivity index (χ0v) is 18.8. The number of halogens is 1. The number of methoxy groups -OCH3 is 3. The van der Waals surface area contributed by atoms with Crippen molar-refractivity contribution in [2.24, 2.45) is 0 Å². The molecule has 3 N–H and O–H groups in total. The number of hydrogen-bond acceptors (Lipinski definition) is 7. The molecular formula is C20H25BrN2O7. The first-order valence-corrected chi connectivity index (χ1v) is 9.99. The van der Waals surface area contributed by atoms with E-state index in [1.165, 1.54) is 21.3 Å². The molecule has 1 aromatic carbocycles. The molecule has 30 heavy (non-hydrogen) atoms. The van der Waals surface area contributed by atoms with Gasteiger partial charge in [0.1, 0.15) is 0 Å². The molecule has 1 aromatic heterocycles. The molecule has 2 aromatic rings. The lowest BCUT2D eigenvalue weighted by Gasteiger charge is -2.16. The topological polar surface area (TPSA) is 119 Å². The van der Waals surface area contributed by atoms with Gasteiger partial charge in [0, 0.05) is 29.8 Å². The van der Waals surface area contributed by atoms with Crippen LogP contribution < -0.4 is 24.3 Å². The Balaban J connectivity index is 2.60. The van der Waals surface area contributed by atoms with Crippen LogP contribution in [0.25, 0.3) is 11.1 Å². The van der Waals surface area contributed by atoms with Crippen LogP contribution >= 0.6 is 15.9 Å². The Bertz CT molecular complexity index is 911. The van der Waals surface area contributed by atoms with Gasteiger partial charge in [-0.1, -0.05) is 6.92 Å². The number of benzene rings is 1. The summed E-state index contributed by atoms with van der Waals surface area (Å²) in [6.07, 6.45) is 0.924. The zero-order valence-electron chi connectivity index (χ0n) is 17.3. The number of aromatic nitrogens is 1. The van der Waals surface area contributed by atoms with Gasteiger partial charge in [0.15, 0.2) is 11.5 Å². The average Bonchev–Trinajstić information content (AvgIpc) is 3.01. The number of carbonyl (C=O) groups excluding carboxylic acids is 1. The predicted octanol–water partition coefficient (Wildman–Crippen LogP) is 3.35. The second-order valence-corrected chi connectivity index (χ2v) is 7.02. The van der Waals surface area contributed by atoms with Gasteiger partial charge in [0.2, 0.25) is 11.6 Å². The molecule has 0 spiro atoms. The molecule has 0 saturated carbocycles. The van der Waals surface area contributed by atoms with Gasteiger partial charge in [0.25, 0.3) is 0 Å². The van der Waals surface area contributed by atoms with Crippen LogP contribution in [0.4, 0.5) is 0 Å². The van der Waals surface area contributed by atoms with Crippen LogP contribution in [0.3, 0.4) is 0 Å². The van der Waals surface area contributed by atoms with Gasteiger partial charge >= 0.3 is 11.9 Å². The maximum Gasteiger partial charge on any atom is 0.317 e. The van der Waals surface area contributed by atoms with Crippen molar-refractivity contribution in [3.8, 4) is 34.3 Å². The Kier molecular flexibility index (Phi) is 8.55. The molecule has 0 amide bonds. The van der Waals surface area contributed by atoms with Gasteiger partial charge in [0.05, 0.1) is 32.3 Å². The maximum atomic E-state index is 12.0. The number of nitrogens with one attached hydrogen (secondary N) is 2. The summed E-state index contributed by atoms with van der Waals surface area (Å²) in [6, 6.07) is 3.51. The number of aromatic amines is 1. The van der Waals surface area contributed by atoms with E-state index in [9.17, 15) is 9.59 Å². The Hall–Kier alpha value is -2.72. The van der Waals surface area contributed by atoms with E-state index in [2.05, 4.69) is 26.2 Å². The van der Waals surface area contributed by atoms with E-state index in [0.29, 0.717) is 45.0 Å².